The van der Waals surface area contributed by atoms with Crippen molar-refractivity contribution in [1.82, 2.24) is 29.7 Å². The second kappa shape index (κ2) is 10.5. The summed E-state index contributed by atoms with van der Waals surface area (Å²) in [5.41, 5.74) is 2.59. The summed E-state index contributed by atoms with van der Waals surface area (Å²) < 4.78 is 37.0. The summed E-state index contributed by atoms with van der Waals surface area (Å²) in [6, 6.07) is 12.3. The molecule has 2 aliphatic heterocycles. The number of nitrogens with one attached hydrogen (secondary N) is 2. The molecular weight excluding hydrogens is 528 g/mol. The maximum Gasteiger partial charge on any atom is 0.259 e. The molecule has 41 heavy (non-hydrogen) atoms. The highest BCUT2D eigenvalue weighted by Gasteiger charge is 2.45. The average molecular weight is 560 g/mol. The summed E-state index contributed by atoms with van der Waals surface area (Å²) in [6.45, 7) is 5.40. The third-order valence-corrected chi connectivity index (χ3v) is 8.17. The van der Waals surface area contributed by atoms with Crippen molar-refractivity contribution in [2.45, 2.75) is 24.9 Å². The van der Waals surface area contributed by atoms with Gasteiger partial charge in [0.25, 0.3) is 5.91 Å². The number of carbonyl (C=O) groups is 1. The summed E-state index contributed by atoms with van der Waals surface area (Å²) in [5.74, 6) is -2.15. The first kappa shape index (κ1) is 26.0. The zero-order valence-electron chi connectivity index (χ0n) is 22.6. The monoisotopic (exact) mass is 559 g/mol. The second-order valence-corrected chi connectivity index (χ2v) is 11.1. The largest absolute Gasteiger partial charge is 0.378 e. The van der Waals surface area contributed by atoms with Gasteiger partial charge in [0.1, 0.15) is 22.8 Å². The third kappa shape index (κ3) is 5.28. The van der Waals surface area contributed by atoms with Crippen molar-refractivity contribution >= 4 is 28.6 Å². The molecule has 4 aromatic rings. The van der Waals surface area contributed by atoms with Gasteiger partial charge in [0.15, 0.2) is 0 Å². The normalized spacial score (nSPS) is 18.6. The first-order valence-electron chi connectivity index (χ1n) is 14.0. The van der Waals surface area contributed by atoms with Crippen LogP contribution < -0.4 is 10.6 Å². The van der Waals surface area contributed by atoms with Crippen molar-refractivity contribution in [2.75, 3.05) is 51.3 Å². The lowest BCUT2D eigenvalue weighted by molar-refractivity contribution is 0.0296. The zero-order chi connectivity index (χ0) is 28.0. The molecule has 212 valence electrons. The fourth-order valence-corrected chi connectivity index (χ4v) is 5.76. The quantitative estimate of drug-likeness (QED) is 0.371. The van der Waals surface area contributed by atoms with Crippen LogP contribution in [-0.2, 0) is 11.3 Å². The molecule has 4 heterocycles. The summed E-state index contributed by atoms with van der Waals surface area (Å²) in [6.07, 6.45) is 5.88. The molecule has 9 nitrogen and oxygen atoms in total. The molecular formula is C30H31F2N7O2. The van der Waals surface area contributed by atoms with E-state index in [0.29, 0.717) is 48.8 Å². The Hall–Kier alpha value is -3.93. The standard InChI is InChI=1S/C30H31F2N7O2/c31-24-15-23(16-25(32)26(24)28(40)38-11-13-41-14-12-38)39-9-5-21-17-33-29(36-27(21)39)35-22-3-1-20(2-4-22)18-37-10-8-34-30(19-37)6-7-30/h1-5,9,15-17,34H,6-8,10-14,18-19H2,(H,33,35,36). The molecule has 0 atom stereocenters. The SMILES string of the molecule is O=C(c1c(F)cc(-n2ccc3cnc(Nc4ccc(CN5CCNC6(CC6)C5)cc4)nc32)cc1F)N1CCOCC1. The van der Waals surface area contributed by atoms with Crippen LogP contribution in [0.3, 0.4) is 0 Å². The van der Waals surface area contributed by atoms with Gasteiger partial charge in [0, 0.05) is 68.3 Å². The van der Waals surface area contributed by atoms with Crippen molar-refractivity contribution in [3.05, 3.63) is 77.6 Å². The molecule has 1 amide bonds. The van der Waals surface area contributed by atoms with Crippen LogP contribution in [0.2, 0.25) is 0 Å². The number of nitrogens with zero attached hydrogens (tertiary/aromatic N) is 5. The third-order valence-electron chi connectivity index (χ3n) is 8.17. The lowest BCUT2D eigenvalue weighted by Crippen LogP contribution is -2.51. The molecule has 0 bridgehead atoms. The molecule has 2 saturated heterocycles. The number of anilines is 2. The van der Waals surface area contributed by atoms with Crippen LogP contribution in [0, 0.1) is 11.6 Å². The Morgan fingerprint density at radius 1 is 1.05 bits per heavy atom. The number of fused-ring (bicyclic) bond motifs is 1. The zero-order valence-corrected chi connectivity index (χ0v) is 22.6. The number of hydrogen-bond donors (Lipinski definition) is 2. The minimum absolute atomic E-state index is 0.225. The molecule has 3 fully saturated rings. The van der Waals surface area contributed by atoms with Gasteiger partial charge in [-0.1, -0.05) is 12.1 Å². The van der Waals surface area contributed by atoms with E-state index in [1.807, 2.05) is 12.1 Å². The maximum atomic E-state index is 15.1. The molecule has 1 saturated carbocycles. The van der Waals surface area contributed by atoms with Gasteiger partial charge in [0.2, 0.25) is 5.95 Å². The van der Waals surface area contributed by atoms with E-state index in [0.717, 1.165) is 44.0 Å². The van der Waals surface area contributed by atoms with Gasteiger partial charge in [-0.3, -0.25) is 9.69 Å². The van der Waals surface area contributed by atoms with E-state index in [1.54, 1.807) is 23.0 Å². The Balaban J connectivity index is 1.08. The van der Waals surface area contributed by atoms with Gasteiger partial charge in [-0.15, -0.1) is 0 Å². The van der Waals surface area contributed by atoms with E-state index in [9.17, 15) is 4.79 Å². The number of ether oxygens (including phenoxy) is 1. The maximum absolute atomic E-state index is 15.1. The van der Waals surface area contributed by atoms with Crippen LogP contribution in [0.1, 0.15) is 28.8 Å². The number of piperazine rings is 1. The number of aromatic nitrogens is 3. The Labute approximate surface area is 236 Å². The van der Waals surface area contributed by atoms with E-state index in [-0.39, 0.29) is 5.69 Å². The number of hydrogen-bond acceptors (Lipinski definition) is 7. The van der Waals surface area contributed by atoms with Gasteiger partial charge >= 0.3 is 0 Å². The van der Waals surface area contributed by atoms with Crippen molar-refractivity contribution in [3.63, 3.8) is 0 Å². The molecule has 1 spiro atoms. The van der Waals surface area contributed by atoms with E-state index in [4.69, 9.17) is 4.74 Å². The van der Waals surface area contributed by atoms with Crippen LogP contribution in [0.4, 0.5) is 20.4 Å². The van der Waals surface area contributed by atoms with E-state index in [2.05, 4.69) is 37.6 Å². The minimum atomic E-state index is -0.918. The van der Waals surface area contributed by atoms with Crippen molar-refractivity contribution < 1.29 is 18.3 Å². The molecule has 2 aromatic heterocycles. The van der Waals surface area contributed by atoms with Crippen LogP contribution in [0.15, 0.2) is 54.9 Å². The van der Waals surface area contributed by atoms with Crippen molar-refractivity contribution in [3.8, 4) is 5.69 Å². The smallest absolute Gasteiger partial charge is 0.259 e. The van der Waals surface area contributed by atoms with Crippen LogP contribution in [0.5, 0.6) is 0 Å². The van der Waals surface area contributed by atoms with Crippen LogP contribution >= 0.6 is 0 Å². The Morgan fingerprint density at radius 3 is 2.54 bits per heavy atom. The van der Waals surface area contributed by atoms with Crippen LogP contribution in [0.25, 0.3) is 16.7 Å². The molecule has 2 N–H and O–H groups in total. The molecule has 1 aliphatic carbocycles. The Morgan fingerprint density at radius 2 is 1.80 bits per heavy atom. The van der Waals surface area contributed by atoms with E-state index in [1.165, 1.54) is 23.3 Å². The highest BCUT2D eigenvalue weighted by molar-refractivity contribution is 5.95. The molecule has 2 aromatic carbocycles. The number of carbonyl (C=O) groups excluding carboxylic acids is 1. The first-order valence-corrected chi connectivity index (χ1v) is 14.0. The van der Waals surface area contributed by atoms with Gasteiger partial charge < -0.3 is 24.8 Å². The second-order valence-electron chi connectivity index (χ2n) is 11.1. The Bertz CT molecular complexity index is 1570. The lowest BCUT2D eigenvalue weighted by atomic mass is 10.1. The van der Waals surface area contributed by atoms with E-state index >= 15 is 8.78 Å². The highest BCUT2D eigenvalue weighted by Crippen LogP contribution is 2.37. The summed E-state index contributed by atoms with van der Waals surface area (Å²) in [7, 11) is 0. The summed E-state index contributed by atoms with van der Waals surface area (Å²) in [5, 5.41) is 7.59. The van der Waals surface area contributed by atoms with Gasteiger partial charge in [0.05, 0.1) is 18.9 Å². The summed E-state index contributed by atoms with van der Waals surface area (Å²) in [4.78, 5) is 25.7. The number of morpholine rings is 1. The number of rotatable bonds is 6. The fourth-order valence-electron chi connectivity index (χ4n) is 5.76. The first-order chi connectivity index (χ1) is 20.0. The minimum Gasteiger partial charge on any atom is -0.378 e. The highest BCUT2D eigenvalue weighted by atomic mass is 19.1. The van der Waals surface area contributed by atoms with Crippen molar-refractivity contribution in [1.29, 1.82) is 0 Å². The predicted molar refractivity (Wildman–Crippen MR) is 150 cm³/mol. The lowest BCUT2D eigenvalue weighted by Gasteiger charge is -2.34. The molecule has 7 rings (SSSR count). The molecule has 11 heteroatoms. The Kier molecular flexibility index (Phi) is 6.64. The number of benzene rings is 2. The van der Waals surface area contributed by atoms with Crippen LogP contribution in [-0.4, -0.2) is 81.7 Å². The van der Waals surface area contributed by atoms with Gasteiger partial charge in [-0.2, -0.15) is 4.98 Å². The molecule has 3 aliphatic rings. The summed E-state index contributed by atoms with van der Waals surface area (Å²) >= 11 is 0. The van der Waals surface area contributed by atoms with Gasteiger partial charge in [-0.05, 0) is 48.7 Å². The van der Waals surface area contributed by atoms with E-state index < -0.39 is 23.1 Å². The topological polar surface area (TPSA) is 87.6 Å². The molecule has 0 radical (unpaired) electrons. The average Bonchev–Trinajstić information content (AvgIpc) is 3.58. The fraction of sp³-hybridized carbons (Fsp3) is 0.367. The molecule has 0 unspecified atom stereocenters. The number of halogens is 2. The van der Waals surface area contributed by atoms with Crippen molar-refractivity contribution in [2.24, 2.45) is 0 Å². The predicted octanol–water partition coefficient (Wildman–Crippen LogP) is 3.85. The van der Waals surface area contributed by atoms with Gasteiger partial charge in [-0.25, -0.2) is 13.8 Å². The number of amides is 1.